The number of hydrogen-bond acceptors (Lipinski definition) is 1. The maximum atomic E-state index is 6.10. The Bertz CT molecular complexity index is 1110. The normalized spacial score (nSPS) is 18.9. The number of aryl methyl sites for hydroxylation is 1. The van der Waals surface area contributed by atoms with Crippen molar-refractivity contribution in [1.82, 2.24) is 4.57 Å². The van der Waals surface area contributed by atoms with E-state index < -0.39 is 0 Å². The van der Waals surface area contributed by atoms with E-state index in [-0.39, 0.29) is 6.04 Å². The maximum Gasteiger partial charge on any atom is 0.0523 e. The third kappa shape index (κ3) is 2.81. The van der Waals surface area contributed by atoms with E-state index in [9.17, 15) is 0 Å². The second-order valence-electron chi connectivity index (χ2n) is 7.34. The van der Waals surface area contributed by atoms with E-state index in [4.69, 9.17) is 11.6 Å². The Balaban J connectivity index is 1.64. The van der Waals surface area contributed by atoms with Crippen LogP contribution < -0.4 is 5.32 Å². The fourth-order valence-corrected chi connectivity index (χ4v) is 4.53. The molecule has 3 aromatic carbocycles. The SMILES string of the molecule is Cn1cc([C@H]2C[C@H](c3ccc(Cl)cc3)Nc3ccccc32)c2ccccc21. The first-order chi connectivity index (χ1) is 13.2. The quantitative estimate of drug-likeness (QED) is 0.423. The van der Waals surface area contributed by atoms with E-state index in [0.29, 0.717) is 5.92 Å². The van der Waals surface area contributed by atoms with Gasteiger partial charge in [0.1, 0.15) is 0 Å². The van der Waals surface area contributed by atoms with E-state index in [0.717, 1.165) is 11.4 Å². The first-order valence-electron chi connectivity index (χ1n) is 9.35. The van der Waals surface area contributed by atoms with Crippen LogP contribution in [0.4, 0.5) is 5.69 Å². The molecule has 134 valence electrons. The number of para-hydroxylation sites is 2. The fraction of sp³-hybridized carbons (Fsp3) is 0.167. The molecule has 2 nitrogen and oxygen atoms in total. The van der Waals surface area contributed by atoms with Crippen LogP contribution in [0.2, 0.25) is 5.02 Å². The smallest absolute Gasteiger partial charge is 0.0523 e. The lowest BCUT2D eigenvalue weighted by Gasteiger charge is -2.33. The first-order valence-corrected chi connectivity index (χ1v) is 9.73. The van der Waals surface area contributed by atoms with Crippen molar-refractivity contribution in [3.63, 3.8) is 0 Å². The molecule has 0 spiro atoms. The molecule has 0 unspecified atom stereocenters. The topological polar surface area (TPSA) is 17.0 Å². The van der Waals surface area contributed by atoms with Gasteiger partial charge in [-0.15, -0.1) is 0 Å². The molecule has 0 amide bonds. The maximum absolute atomic E-state index is 6.10. The van der Waals surface area contributed by atoms with E-state index in [1.54, 1.807) is 0 Å². The lowest BCUT2D eigenvalue weighted by molar-refractivity contribution is 0.605. The zero-order valence-electron chi connectivity index (χ0n) is 15.2. The highest BCUT2D eigenvalue weighted by Gasteiger charge is 2.30. The number of halogens is 1. The Hall–Kier alpha value is -2.71. The molecule has 0 radical (unpaired) electrons. The Labute approximate surface area is 164 Å². The van der Waals surface area contributed by atoms with Gasteiger partial charge in [-0.2, -0.15) is 0 Å². The summed E-state index contributed by atoms with van der Waals surface area (Å²) >= 11 is 6.10. The van der Waals surface area contributed by atoms with Crippen LogP contribution in [0.1, 0.15) is 35.1 Å². The van der Waals surface area contributed by atoms with E-state index >= 15 is 0 Å². The molecule has 27 heavy (non-hydrogen) atoms. The Kier molecular flexibility index (Phi) is 3.95. The number of hydrogen-bond donors (Lipinski definition) is 1. The van der Waals surface area contributed by atoms with Gasteiger partial charge in [-0.05, 0) is 47.4 Å². The first kappa shape index (κ1) is 16.5. The monoisotopic (exact) mass is 372 g/mol. The van der Waals surface area contributed by atoms with Gasteiger partial charge < -0.3 is 9.88 Å². The second kappa shape index (κ2) is 6.47. The Morgan fingerprint density at radius 3 is 2.48 bits per heavy atom. The summed E-state index contributed by atoms with van der Waals surface area (Å²) in [4.78, 5) is 0. The van der Waals surface area contributed by atoms with Gasteiger partial charge in [-0.25, -0.2) is 0 Å². The summed E-state index contributed by atoms with van der Waals surface area (Å²) in [6.07, 6.45) is 3.32. The molecule has 0 bridgehead atoms. The van der Waals surface area contributed by atoms with Crippen LogP contribution in [0.15, 0.2) is 79.0 Å². The molecule has 5 rings (SSSR count). The predicted octanol–water partition coefficient (Wildman–Crippen LogP) is 6.52. The average molecular weight is 373 g/mol. The van der Waals surface area contributed by atoms with Crippen LogP contribution >= 0.6 is 11.6 Å². The van der Waals surface area contributed by atoms with E-state index in [1.807, 2.05) is 12.1 Å². The van der Waals surface area contributed by atoms with Gasteiger partial charge in [-0.3, -0.25) is 0 Å². The van der Waals surface area contributed by atoms with Crippen LogP contribution in [-0.4, -0.2) is 4.57 Å². The molecular weight excluding hydrogens is 352 g/mol. The summed E-state index contributed by atoms with van der Waals surface area (Å²) in [5, 5.41) is 5.86. The van der Waals surface area contributed by atoms with Gasteiger partial charge in [0.05, 0.1) is 6.04 Å². The highest BCUT2D eigenvalue weighted by Crippen LogP contribution is 2.45. The summed E-state index contributed by atoms with van der Waals surface area (Å²) in [5.41, 5.74) is 6.56. The van der Waals surface area contributed by atoms with Crippen molar-refractivity contribution in [3.8, 4) is 0 Å². The molecule has 0 saturated heterocycles. The number of rotatable bonds is 2. The second-order valence-corrected chi connectivity index (χ2v) is 7.77. The van der Waals surface area contributed by atoms with Crippen LogP contribution in [0.25, 0.3) is 10.9 Å². The van der Waals surface area contributed by atoms with Crippen molar-refractivity contribution in [2.24, 2.45) is 7.05 Å². The highest BCUT2D eigenvalue weighted by atomic mass is 35.5. The van der Waals surface area contributed by atoms with Crippen LogP contribution in [0, 0.1) is 0 Å². The zero-order valence-corrected chi connectivity index (χ0v) is 15.9. The van der Waals surface area contributed by atoms with Gasteiger partial charge in [0.2, 0.25) is 0 Å². The minimum atomic E-state index is 0.265. The van der Waals surface area contributed by atoms with Gasteiger partial charge in [0.25, 0.3) is 0 Å². The van der Waals surface area contributed by atoms with Crippen molar-refractivity contribution < 1.29 is 0 Å². The van der Waals surface area contributed by atoms with Crippen molar-refractivity contribution in [3.05, 3.63) is 101 Å². The van der Waals surface area contributed by atoms with E-state index in [1.165, 1.54) is 33.3 Å². The van der Waals surface area contributed by atoms with Gasteiger partial charge >= 0.3 is 0 Å². The number of aromatic nitrogens is 1. The minimum absolute atomic E-state index is 0.265. The Morgan fingerprint density at radius 2 is 1.63 bits per heavy atom. The van der Waals surface area contributed by atoms with Gasteiger partial charge in [0, 0.05) is 40.8 Å². The highest BCUT2D eigenvalue weighted by molar-refractivity contribution is 6.30. The summed E-state index contributed by atoms with van der Waals surface area (Å²) in [6, 6.07) is 25.9. The van der Waals surface area contributed by atoms with E-state index in [2.05, 4.69) is 83.8 Å². The molecule has 1 aliphatic heterocycles. The van der Waals surface area contributed by atoms with Crippen LogP contribution in [-0.2, 0) is 7.05 Å². The summed E-state index contributed by atoms with van der Waals surface area (Å²) in [5.74, 6) is 0.356. The number of benzene rings is 3. The van der Waals surface area contributed by atoms with Crippen LogP contribution in [0.5, 0.6) is 0 Å². The number of anilines is 1. The number of nitrogens with one attached hydrogen (secondary N) is 1. The summed E-state index contributed by atoms with van der Waals surface area (Å²) in [7, 11) is 2.13. The third-order valence-corrected chi connectivity index (χ3v) is 5.96. The number of nitrogens with zero attached hydrogens (tertiary/aromatic N) is 1. The lowest BCUT2D eigenvalue weighted by Crippen LogP contribution is -2.22. The fourth-order valence-electron chi connectivity index (χ4n) is 4.40. The molecule has 1 aromatic heterocycles. The van der Waals surface area contributed by atoms with Crippen molar-refractivity contribution >= 4 is 28.2 Å². The molecule has 0 saturated carbocycles. The average Bonchev–Trinajstić information content (AvgIpc) is 3.04. The molecule has 2 atom stereocenters. The number of fused-ring (bicyclic) bond motifs is 2. The summed E-state index contributed by atoms with van der Waals surface area (Å²) in [6.45, 7) is 0. The van der Waals surface area contributed by atoms with Crippen molar-refractivity contribution in [2.75, 3.05) is 5.32 Å². The predicted molar refractivity (Wildman–Crippen MR) is 114 cm³/mol. The van der Waals surface area contributed by atoms with Gasteiger partial charge in [-0.1, -0.05) is 60.1 Å². The van der Waals surface area contributed by atoms with Gasteiger partial charge in [0.15, 0.2) is 0 Å². The van der Waals surface area contributed by atoms with Crippen LogP contribution in [0.3, 0.4) is 0 Å². The lowest BCUT2D eigenvalue weighted by atomic mass is 9.80. The summed E-state index contributed by atoms with van der Waals surface area (Å²) < 4.78 is 2.24. The molecule has 0 aliphatic carbocycles. The molecule has 1 N–H and O–H groups in total. The molecule has 3 heteroatoms. The molecule has 0 fully saturated rings. The minimum Gasteiger partial charge on any atom is -0.378 e. The zero-order chi connectivity index (χ0) is 18.4. The largest absolute Gasteiger partial charge is 0.378 e. The third-order valence-electron chi connectivity index (χ3n) is 5.71. The molecular formula is C24H21ClN2. The molecule has 2 heterocycles. The van der Waals surface area contributed by atoms with Crippen molar-refractivity contribution in [1.29, 1.82) is 0 Å². The molecule has 4 aromatic rings. The van der Waals surface area contributed by atoms with Crippen molar-refractivity contribution in [2.45, 2.75) is 18.4 Å². The Morgan fingerprint density at radius 1 is 0.889 bits per heavy atom. The standard InChI is InChI=1S/C24H21ClN2/c1-27-15-21(19-7-3-5-9-24(19)27)20-14-23(16-10-12-17(25)13-11-16)26-22-8-4-2-6-18(20)22/h2-13,15,20,23,26H,14H2,1H3/t20-,23+/m0/s1. The molecule has 1 aliphatic rings.